The quantitative estimate of drug-likeness (QED) is 0.788. The summed E-state index contributed by atoms with van der Waals surface area (Å²) in [4.78, 5) is 0. The molecule has 1 unspecified atom stereocenters. The first-order valence-electron chi connectivity index (χ1n) is 5.27. The van der Waals surface area contributed by atoms with Crippen LogP contribution in [0.2, 0.25) is 0 Å². The molecule has 0 saturated carbocycles. The number of aromatic nitrogens is 1. The van der Waals surface area contributed by atoms with Gasteiger partial charge in [0.05, 0.1) is 24.6 Å². The smallest absolute Gasteiger partial charge is 0.143 e. The minimum absolute atomic E-state index is 0.000474. The first-order valence-corrected chi connectivity index (χ1v) is 5.27. The lowest BCUT2D eigenvalue weighted by Crippen LogP contribution is -2.04. The van der Waals surface area contributed by atoms with E-state index >= 15 is 0 Å². The Hall–Kier alpha value is -1.95. The van der Waals surface area contributed by atoms with E-state index in [0.717, 1.165) is 16.7 Å². The number of rotatable bonds is 3. The van der Waals surface area contributed by atoms with Crippen LogP contribution in [0.3, 0.4) is 0 Å². The van der Waals surface area contributed by atoms with Gasteiger partial charge in [-0.2, -0.15) is 5.26 Å². The van der Waals surface area contributed by atoms with Crippen LogP contribution < -0.4 is 4.74 Å². The van der Waals surface area contributed by atoms with E-state index < -0.39 is 0 Å². The van der Waals surface area contributed by atoms with Crippen LogP contribution in [0.1, 0.15) is 6.92 Å². The molecule has 82 valence electrons. The first kappa shape index (κ1) is 10.6. The Bertz CT molecular complexity index is 536. The maximum atomic E-state index is 8.84. The van der Waals surface area contributed by atoms with Crippen molar-refractivity contribution in [2.45, 2.75) is 13.5 Å². The Balaban J connectivity index is 2.50. The number of para-hydroxylation sites is 1. The Morgan fingerprint density at radius 2 is 2.25 bits per heavy atom. The van der Waals surface area contributed by atoms with Crippen molar-refractivity contribution in [3.8, 4) is 11.8 Å². The molecule has 1 atom stereocenters. The summed E-state index contributed by atoms with van der Waals surface area (Å²) in [6.45, 7) is 2.61. The molecule has 2 rings (SSSR count). The molecular formula is C13H14N2O. The summed E-state index contributed by atoms with van der Waals surface area (Å²) in [6.07, 6.45) is 2.00. The number of fused-ring (bicyclic) bond motifs is 1. The molecule has 1 aromatic carbocycles. The Labute approximate surface area is 94.9 Å². The lowest BCUT2D eigenvalue weighted by molar-refractivity contribution is 0.416. The summed E-state index contributed by atoms with van der Waals surface area (Å²) in [7, 11) is 1.67. The largest absolute Gasteiger partial charge is 0.495 e. The summed E-state index contributed by atoms with van der Waals surface area (Å²) >= 11 is 0. The van der Waals surface area contributed by atoms with Gasteiger partial charge in [-0.25, -0.2) is 0 Å². The highest BCUT2D eigenvalue weighted by atomic mass is 16.5. The standard InChI is InChI=1S/C13H14N2O/c1-10(8-14)9-15-7-6-11-4-3-5-12(16-2)13(11)15/h3-7,10H,9H2,1-2H3. The van der Waals surface area contributed by atoms with Crippen molar-refractivity contribution in [3.05, 3.63) is 30.5 Å². The zero-order chi connectivity index (χ0) is 11.5. The third kappa shape index (κ3) is 1.74. The van der Waals surface area contributed by atoms with Crippen LogP contribution in [0.5, 0.6) is 5.75 Å². The second-order valence-electron chi connectivity index (χ2n) is 3.90. The van der Waals surface area contributed by atoms with Gasteiger partial charge in [0.25, 0.3) is 0 Å². The number of methoxy groups -OCH3 is 1. The number of ether oxygens (including phenoxy) is 1. The highest BCUT2D eigenvalue weighted by Gasteiger charge is 2.08. The van der Waals surface area contributed by atoms with Gasteiger partial charge in [-0.3, -0.25) is 0 Å². The van der Waals surface area contributed by atoms with Crippen LogP contribution in [0.4, 0.5) is 0 Å². The number of nitrogens with zero attached hydrogens (tertiary/aromatic N) is 2. The molecule has 0 amide bonds. The van der Waals surface area contributed by atoms with Crippen molar-refractivity contribution in [2.24, 2.45) is 5.92 Å². The van der Waals surface area contributed by atoms with Crippen molar-refractivity contribution in [2.75, 3.05) is 7.11 Å². The predicted octanol–water partition coefficient (Wildman–Crippen LogP) is 2.81. The summed E-state index contributed by atoms with van der Waals surface area (Å²) in [5.74, 6) is 0.855. The molecule has 0 aliphatic carbocycles. The lowest BCUT2D eigenvalue weighted by Gasteiger charge is -2.09. The summed E-state index contributed by atoms with van der Waals surface area (Å²) in [5, 5.41) is 9.98. The maximum Gasteiger partial charge on any atom is 0.143 e. The van der Waals surface area contributed by atoms with Gasteiger partial charge in [0.2, 0.25) is 0 Å². The third-order valence-corrected chi connectivity index (χ3v) is 2.66. The number of hydrogen-bond donors (Lipinski definition) is 0. The normalized spacial score (nSPS) is 12.3. The molecule has 2 aromatic rings. The third-order valence-electron chi connectivity index (χ3n) is 2.66. The number of hydrogen-bond acceptors (Lipinski definition) is 2. The predicted molar refractivity (Wildman–Crippen MR) is 63.3 cm³/mol. The molecule has 3 nitrogen and oxygen atoms in total. The summed E-state index contributed by atoms with van der Waals surface area (Å²) < 4.78 is 7.41. The minimum Gasteiger partial charge on any atom is -0.495 e. The van der Waals surface area contributed by atoms with Crippen LogP contribution in [-0.2, 0) is 6.54 Å². The van der Waals surface area contributed by atoms with Gasteiger partial charge >= 0.3 is 0 Å². The van der Waals surface area contributed by atoms with Crippen molar-refractivity contribution in [1.82, 2.24) is 4.57 Å². The lowest BCUT2D eigenvalue weighted by atomic mass is 10.2. The second-order valence-corrected chi connectivity index (χ2v) is 3.90. The highest BCUT2D eigenvalue weighted by molar-refractivity contribution is 5.86. The van der Waals surface area contributed by atoms with Crippen LogP contribution in [0.25, 0.3) is 10.9 Å². The van der Waals surface area contributed by atoms with E-state index in [4.69, 9.17) is 10.00 Å². The van der Waals surface area contributed by atoms with E-state index in [1.807, 2.05) is 37.4 Å². The topological polar surface area (TPSA) is 38.0 Å². The zero-order valence-electron chi connectivity index (χ0n) is 9.47. The molecule has 0 radical (unpaired) electrons. The van der Waals surface area contributed by atoms with Gasteiger partial charge in [0.15, 0.2) is 0 Å². The van der Waals surface area contributed by atoms with Gasteiger partial charge in [0, 0.05) is 18.1 Å². The van der Waals surface area contributed by atoms with E-state index in [0.29, 0.717) is 6.54 Å². The molecule has 0 N–H and O–H groups in total. The van der Waals surface area contributed by atoms with Crippen LogP contribution in [0, 0.1) is 17.2 Å². The second kappa shape index (κ2) is 4.28. The molecule has 0 saturated heterocycles. The first-order chi connectivity index (χ1) is 7.76. The molecule has 16 heavy (non-hydrogen) atoms. The van der Waals surface area contributed by atoms with Gasteiger partial charge in [-0.1, -0.05) is 12.1 Å². The minimum atomic E-state index is 0.000474. The molecule has 0 aliphatic heterocycles. The van der Waals surface area contributed by atoms with E-state index in [2.05, 4.69) is 10.6 Å². The van der Waals surface area contributed by atoms with Gasteiger partial charge in [-0.15, -0.1) is 0 Å². The fourth-order valence-corrected chi connectivity index (χ4v) is 1.88. The van der Waals surface area contributed by atoms with Gasteiger partial charge in [0.1, 0.15) is 5.75 Å². The van der Waals surface area contributed by atoms with Crippen LogP contribution in [-0.4, -0.2) is 11.7 Å². The van der Waals surface area contributed by atoms with Gasteiger partial charge in [-0.05, 0) is 19.1 Å². The Morgan fingerprint density at radius 1 is 1.44 bits per heavy atom. The summed E-state index contributed by atoms with van der Waals surface area (Å²) in [5.41, 5.74) is 1.06. The molecule has 1 heterocycles. The van der Waals surface area contributed by atoms with Gasteiger partial charge < -0.3 is 9.30 Å². The Kier molecular flexibility index (Phi) is 2.82. The molecule has 1 aromatic heterocycles. The van der Waals surface area contributed by atoms with Crippen molar-refractivity contribution in [1.29, 1.82) is 5.26 Å². The van der Waals surface area contributed by atoms with Crippen molar-refractivity contribution >= 4 is 10.9 Å². The van der Waals surface area contributed by atoms with Crippen molar-refractivity contribution < 1.29 is 4.74 Å². The molecule has 3 heteroatoms. The molecule has 0 bridgehead atoms. The molecular weight excluding hydrogens is 200 g/mol. The maximum absolute atomic E-state index is 8.84. The van der Waals surface area contributed by atoms with Crippen LogP contribution >= 0.6 is 0 Å². The average molecular weight is 214 g/mol. The summed E-state index contributed by atoms with van der Waals surface area (Å²) in [6, 6.07) is 10.2. The molecule has 0 spiro atoms. The zero-order valence-corrected chi connectivity index (χ0v) is 9.47. The van der Waals surface area contributed by atoms with E-state index in [1.165, 1.54) is 0 Å². The Morgan fingerprint density at radius 3 is 2.94 bits per heavy atom. The fraction of sp³-hybridized carbons (Fsp3) is 0.308. The number of nitriles is 1. The molecule has 0 aliphatic rings. The molecule has 0 fully saturated rings. The monoisotopic (exact) mass is 214 g/mol. The highest BCUT2D eigenvalue weighted by Crippen LogP contribution is 2.26. The van der Waals surface area contributed by atoms with E-state index in [9.17, 15) is 0 Å². The van der Waals surface area contributed by atoms with E-state index in [-0.39, 0.29) is 5.92 Å². The number of benzene rings is 1. The van der Waals surface area contributed by atoms with Crippen LogP contribution in [0.15, 0.2) is 30.5 Å². The SMILES string of the molecule is COc1cccc2ccn(CC(C)C#N)c12. The fourth-order valence-electron chi connectivity index (χ4n) is 1.88. The van der Waals surface area contributed by atoms with E-state index in [1.54, 1.807) is 7.11 Å². The van der Waals surface area contributed by atoms with Crippen molar-refractivity contribution in [3.63, 3.8) is 0 Å². The average Bonchev–Trinajstić information content (AvgIpc) is 2.72.